The Kier molecular flexibility index (Phi) is 6.86. The Labute approximate surface area is 166 Å². The van der Waals surface area contributed by atoms with Crippen molar-refractivity contribution in [1.82, 2.24) is 0 Å². The summed E-state index contributed by atoms with van der Waals surface area (Å²) in [5.41, 5.74) is 5.01. The van der Waals surface area contributed by atoms with E-state index >= 15 is 0 Å². The molecule has 4 rings (SSSR count). The average Bonchev–Trinajstić information content (AvgIpc) is 2.74. The molecule has 0 heterocycles. The molecule has 2 N–H and O–H groups in total. The van der Waals surface area contributed by atoms with E-state index in [9.17, 15) is 0 Å². The van der Waals surface area contributed by atoms with E-state index in [4.69, 9.17) is 10.2 Å². The van der Waals surface area contributed by atoms with Crippen LogP contribution in [-0.4, -0.2) is 10.2 Å². The summed E-state index contributed by atoms with van der Waals surface area (Å²) in [6.07, 6.45) is 1.84. The molecular weight excluding hydrogens is 344 g/mol. The van der Waals surface area contributed by atoms with E-state index in [2.05, 4.69) is 24.3 Å². The fourth-order valence-electron chi connectivity index (χ4n) is 2.89. The molecule has 2 heteroatoms. The first-order valence-electron chi connectivity index (χ1n) is 9.33. The second kappa shape index (κ2) is 9.98. The largest absolute Gasteiger partial charge is 0.508 e. The van der Waals surface area contributed by atoms with Crippen molar-refractivity contribution in [3.05, 3.63) is 131 Å². The lowest BCUT2D eigenvalue weighted by molar-refractivity contribution is 0.474. The Morgan fingerprint density at radius 3 is 0.964 bits per heavy atom. The van der Waals surface area contributed by atoms with Crippen LogP contribution in [-0.2, 0) is 12.8 Å². The van der Waals surface area contributed by atoms with E-state index in [1.807, 2.05) is 60.7 Å². The Morgan fingerprint density at radius 1 is 0.357 bits per heavy atom. The van der Waals surface area contributed by atoms with Gasteiger partial charge in [-0.3, -0.25) is 0 Å². The fraction of sp³-hybridized carbons (Fsp3) is 0.0769. The van der Waals surface area contributed by atoms with Crippen LogP contribution in [0, 0.1) is 0 Å². The van der Waals surface area contributed by atoms with E-state index in [1.54, 1.807) is 24.3 Å². The topological polar surface area (TPSA) is 40.5 Å². The SMILES string of the molecule is Oc1ccc(Cc2ccccc2)cc1.Oc1ccc(Cc2ccccc2)cc1. The van der Waals surface area contributed by atoms with Crippen LogP contribution in [0.3, 0.4) is 0 Å². The fourth-order valence-corrected chi connectivity index (χ4v) is 2.89. The molecule has 0 fully saturated rings. The van der Waals surface area contributed by atoms with Gasteiger partial charge in [-0.15, -0.1) is 0 Å². The summed E-state index contributed by atoms with van der Waals surface area (Å²) in [5.74, 6) is 0.642. The van der Waals surface area contributed by atoms with Crippen LogP contribution >= 0.6 is 0 Å². The molecule has 0 saturated carbocycles. The van der Waals surface area contributed by atoms with Crippen molar-refractivity contribution in [2.45, 2.75) is 12.8 Å². The van der Waals surface area contributed by atoms with E-state index in [-0.39, 0.29) is 0 Å². The Bertz CT molecular complexity index is 862. The number of rotatable bonds is 4. The molecule has 0 aromatic heterocycles. The minimum Gasteiger partial charge on any atom is -0.508 e. The highest BCUT2D eigenvalue weighted by molar-refractivity contribution is 5.31. The lowest BCUT2D eigenvalue weighted by atomic mass is 10.1. The Balaban J connectivity index is 0.000000161. The molecule has 0 spiro atoms. The van der Waals surface area contributed by atoms with Crippen molar-refractivity contribution < 1.29 is 10.2 Å². The summed E-state index contributed by atoms with van der Waals surface area (Å²) < 4.78 is 0. The van der Waals surface area contributed by atoms with Gasteiger partial charge < -0.3 is 10.2 Å². The lowest BCUT2D eigenvalue weighted by Gasteiger charge is -2.01. The predicted octanol–water partition coefficient (Wildman–Crippen LogP) is 5.97. The van der Waals surface area contributed by atoms with E-state index < -0.39 is 0 Å². The van der Waals surface area contributed by atoms with Crippen LogP contribution in [0.2, 0.25) is 0 Å². The summed E-state index contributed by atoms with van der Waals surface area (Å²) in [4.78, 5) is 0. The molecule has 4 aromatic carbocycles. The number of hydrogen-bond acceptors (Lipinski definition) is 2. The lowest BCUT2D eigenvalue weighted by Crippen LogP contribution is -1.86. The zero-order chi connectivity index (χ0) is 19.6. The first kappa shape index (κ1) is 19.2. The van der Waals surface area contributed by atoms with Gasteiger partial charge in [0.2, 0.25) is 0 Å². The minimum atomic E-state index is 0.321. The van der Waals surface area contributed by atoms with E-state index in [1.165, 1.54) is 22.3 Å². The molecule has 0 aliphatic carbocycles. The number of aromatic hydroxyl groups is 2. The molecule has 0 aliphatic rings. The summed E-state index contributed by atoms with van der Waals surface area (Å²) >= 11 is 0. The second-order valence-electron chi connectivity index (χ2n) is 6.66. The smallest absolute Gasteiger partial charge is 0.115 e. The average molecular weight is 368 g/mol. The normalized spacial score (nSPS) is 10.0. The van der Waals surface area contributed by atoms with Gasteiger partial charge in [0.1, 0.15) is 11.5 Å². The van der Waals surface area contributed by atoms with Gasteiger partial charge in [-0.25, -0.2) is 0 Å². The summed E-state index contributed by atoms with van der Waals surface area (Å²) in [7, 11) is 0. The highest BCUT2D eigenvalue weighted by Crippen LogP contribution is 2.14. The highest BCUT2D eigenvalue weighted by Gasteiger charge is 1.96. The maximum atomic E-state index is 9.12. The van der Waals surface area contributed by atoms with Crippen molar-refractivity contribution in [3.8, 4) is 11.5 Å². The quantitative estimate of drug-likeness (QED) is 0.466. The second-order valence-corrected chi connectivity index (χ2v) is 6.66. The minimum absolute atomic E-state index is 0.321. The van der Waals surface area contributed by atoms with Crippen LogP contribution < -0.4 is 0 Å². The third-order valence-corrected chi connectivity index (χ3v) is 4.37. The molecule has 0 saturated heterocycles. The van der Waals surface area contributed by atoms with Crippen LogP contribution in [0.5, 0.6) is 11.5 Å². The summed E-state index contributed by atoms with van der Waals surface area (Å²) in [6, 6.07) is 35.3. The molecule has 0 radical (unpaired) electrons. The van der Waals surface area contributed by atoms with Crippen molar-refractivity contribution in [3.63, 3.8) is 0 Å². The molecule has 0 amide bonds. The summed E-state index contributed by atoms with van der Waals surface area (Å²) in [6.45, 7) is 0. The standard InChI is InChI=1S/2C13H12O/c2*14-13-8-6-12(7-9-13)10-11-4-2-1-3-5-11/h2*1-9,14H,10H2. The van der Waals surface area contributed by atoms with Crippen LogP contribution in [0.15, 0.2) is 109 Å². The Hall–Kier alpha value is -3.52. The number of benzene rings is 4. The first-order valence-corrected chi connectivity index (χ1v) is 9.33. The van der Waals surface area contributed by atoms with Gasteiger partial charge in [0.25, 0.3) is 0 Å². The molecule has 140 valence electrons. The van der Waals surface area contributed by atoms with Crippen molar-refractivity contribution in [2.75, 3.05) is 0 Å². The number of phenols is 2. The number of hydrogen-bond donors (Lipinski definition) is 2. The zero-order valence-electron chi connectivity index (χ0n) is 15.7. The van der Waals surface area contributed by atoms with Gasteiger partial charge >= 0.3 is 0 Å². The van der Waals surface area contributed by atoms with Crippen molar-refractivity contribution in [1.29, 1.82) is 0 Å². The molecule has 0 aliphatic heterocycles. The first-order chi connectivity index (χ1) is 13.7. The van der Waals surface area contributed by atoms with E-state index in [0.29, 0.717) is 11.5 Å². The Morgan fingerprint density at radius 2 is 0.643 bits per heavy atom. The maximum absolute atomic E-state index is 9.12. The highest BCUT2D eigenvalue weighted by atomic mass is 16.3. The predicted molar refractivity (Wildman–Crippen MR) is 115 cm³/mol. The van der Waals surface area contributed by atoms with Gasteiger partial charge in [0, 0.05) is 0 Å². The molecule has 0 unspecified atom stereocenters. The zero-order valence-corrected chi connectivity index (χ0v) is 15.7. The molecule has 2 nitrogen and oxygen atoms in total. The molecular formula is C26H24O2. The summed E-state index contributed by atoms with van der Waals surface area (Å²) in [5, 5.41) is 18.2. The monoisotopic (exact) mass is 368 g/mol. The third-order valence-electron chi connectivity index (χ3n) is 4.37. The number of phenolic OH excluding ortho intramolecular Hbond substituents is 2. The molecule has 28 heavy (non-hydrogen) atoms. The molecule has 0 atom stereocenters. The van der Waals surface area contributed by atoms with Gasteiger partial charge in [-0.05, 0) is 59.4 Å². The van der Waals surface area contributed by atoms with Gasteiger partial charge in [-0.2, -0.15) is 0 Å². The van der Waals surface area contributed by atoms with Crippen molar-refractivity contribution in [2.24, 2.45) is 0 Å². The van der Waals surface area contributed by atoms with Crippen molar-refractivity contribution >= 4 is 0 Å². The van der Waals surface area contributed by atoms with Gasteiger partial charge in [-0.1, -0.05) is 84.9 Å². The van der Waals surface area contributed by atoms with Gasteiger partial charge in [0.15, 0.2) is 0 Å². The van der Waals surface area contributed by atoms with Crippen LogP contribution in [0.25, 0.3) is 0 Å². The maximum Gasteiger partial charge on any atom is 0.115 e. The molecule has 0 bridgehead atoms. The van der Waals surface area contributed by atoms with E-state index in [0.717, 1.165) is 12.8 Å². The third kappa shape index (κ3) is 6.33. The molecule has 4 aromatic rings. The van der Waals surface area contributed by atoms with Gasteiger partial charge in [0.05, 0.1) is 0 Å². The van der Waals surface area contributed by atoms with Crippen LogP contribution in [0.4, 0.5) is 0 Å². The van der Waals surface area contributed by atoms with Crippen LogP contribution in [0.1, 0.15) is 22.3 Å².